The van der Waals surface area contributed by atoms with Crippen molar-refractivity contribution >= 4 is 15.9 Å². The van der Waals surface area contributed by atoms with Crippen LogP contribution in [0.4, 0.5) is 0 Å². The first-order valence-corrected chi connectivity index (χ1v) is 11.8. The van der Waals surface area contributed by atoms with E-state index in [2.05, 4.69) is 4.98 Å². The number of amides is 1. The van der Waals surface area contributed by atoms with E-state index < -0.39 is 15.9 Å². The number of aliphatic hydroxyl groups excluding tert-OH is 1. The van der Waals surface area contributed by atoms with Gasteiger partial charge in [-0.25, -0.2) is 13.4 Å². The molecule has 0 saturated carbocycles. The molecule has 0 bridgehead atoms. The van der Waals surface area contributed by atoms with Crippen molar-refractivity contribution in [1.29, 1.82) is 0 Å². The lowest BCUT2D eigenvalue weighted by molar-refractivity contribution is -0.132. The highest BCUT2D eigenvalue weighted by atomic mass is 32.2. The number of carbonyl (C=O) groups is 1. The summed E-state index contributed by atoms with van der Waals surface area (Å²) in [6.45, 7) is 1.63. The summed E-state index contributed by atoms with van der Waals surface area (Å²) in [5.74, 6) is -0.161. The molecule has 1 unspecified atom stereocenters. The molecule has 0 fully saturated rings. The maximum Gasteiger partial charge on any atom is 0.257 e. The molecular formula is C23H27N3O6S. The molecule has 2 aromatic rings. The first-order chi connectivity index (χ1) is 15.5. The Morgan fingerprint density at radius 1 is 1.06 bits per heavy atom. The highest BCUT2D eigenvalue weighted by Gasteiger charge is 2.39. The number of hydrogen-bond acceptors (Lipinski definition) is 7. The lowest BCUT2D eigenvalue weighted by Gasteiger charge is -2.26. The van der Waals surface area contributed by atoms with Crippen molar-refractivity contribution in [2.24, 2.45) is 0 Å². The Balaban J connectivity index is 0.00000259. The number of ether oxygens (including phenoxy) is 2. The zero-order valence-corrected chi connectivity index (χ0v) is 18.1. The van der Waals surface area contributed by atoms with Crippen LogP contribution in [0.3, 0.4) is 0 Å². The van der Waals surface area contributed by atoms with Crippen LogP contribution in [0.2, 0.25) is 0 Å². The summed E-state index contributed by atoms with van der Waals surface area (Å²) < 4.78 is 38.5. The van der Waals surface area contributed by atoms with Crippen molar-refractivity contribution in [3.63, 3.8) is 0 Å². The van der Waals surface area contributed by atoms with Crippen LogP contribution in [0.25, 0.3) is 0 Å². The maximum absolute atomic E-state index is 13.2. The zero-order valence-electron chi connectivity index (χ0n) is 17.3. The molecule has 0 spiro atoms. The number of benzene rings is 1. The summed E-state index contributed by atoms with van der Waals surface area (Å²) in [6, 6.07) is 10.6. The number of aromatic nitrogens is 1. The van der Waals surface area contributed by atoms with Crippen molar-refractivity contribution < 1.29 is 27.8 Å². The molecular weight excluding hydrogens is 446 g/mol. The van der Waals surface area contributed by atoms with Gasteiger partial charge in [-0.2, -0.15) is 4.31 Å². The highest BCUT2D eigenvalue weighted by Crippen LogP contribution is 2.34. The first-order valence-electron chi connectivity index (χ1n) is 10.4. The lowest BCUT2D eigenvalue weighted by Crippen LogP contribution is -2.39. The van der Waals surface area contributed by atoms with E-state index in [1.165, 1.54) is 16.6 Å². The summed E-state index contributed by atoms with van der Waals surface area (Å²) >= 11 is 0. The second kappa shape index (κ2) is 9.12. The maximum atomic E-state index is 13.2. The summed E-state index contributed by atoms with van der Waals surface area (Å²) in [4.78, 5) is 18.8. The molecule has 1 amide bonds. The molecule has 176 valence electrons. The zero-order chi connectivity index (χ0) is 22.3. The summed E-state index contributed by atoms with van der Waals surface area (Å²) in [6.07, 6.45) is 1.29. The van der Waals surface area contributed by atoms with Crippen molar-refractivity contribution in [3.8, 4) is 11.6 Å². The molecule has 9 nitrogen and oxygen atoms in total. The summed E-state index contributed by atoms with van der Waals surface area (Å²) in [7, 11) is -3.77. The van der Waals surface area contributed by atoms with Crippen LogP contribution < -0.4 is 9.47 Å². The van der Waals surface area contributed by atoms with E-state index in [9.17, 15) is 18.3 Å². The molecule has 1 aromatic heterocycles. The van der Waals surface area contributed by atoms with Gasteiger partial charge in [0, 0.05) is 32.2 Å². The van der Waals surface area contributed by atoms with Crippen molar-refractivity contribution in [2.45, 2.75) is 18.2 Å². The number of hydrogen-bond donors (Lipinski definition) is 1. The Morgan fingerprint density at radius 3 is 2.39 bits per heavy atom. The fraction of sp³-hybridized carbons (Fsp3) is 0.391. The standard InChI is InChI=1S/C22H23N3O6S.CH4/c26-14-19(15-4-2-1-3-5-15)22(27)24-10-16-12-25(13-17(16)11-24)32(28,29)18-8-20-21(23-9-18)31-7-6-30-20;/h1-5,8-9,19,26H,6-7,10-14H2;1H4. The minimum Gasteiger partial charge on any atom is -0.484 e. The van der Waals surface area contributed by atoms with Gasteiger partial charge in [-0.1, -0.05) is 37.8 Å². The molecule has 5 rings (SSSR count). The Labute approximate surface area is 193 Å². The third-order valence-corrected chi connectivity index (χ3v) is 7.76. The Bertz CT molecular complexity index is 1160. The topological polar surface area (TPSA) is 109 Å². The Hall–Kier alpha value is -2.95. The number of sulfonamides is 1. The van der Waals surface area contributed by atoms with Gasteiger partial charge in [0.05, 0.1) is 18.7 Å². The van der Waals surface area contributed by atoms with Crippen molar-refractivity contribution in [2.75, 3.05) is 46.0 Å². The van der Waals surface area contributed by atoms with Crippen LogP contribution in [-0.4, -0.2) is 79.6 Å². The second-order valence-electron chi connectivity index (χ2n) is 7.99. The SMILES string of the molecule is C.O=C(C(CO)c1ccccc1)N1CC2=C(C1)CN(S(=O)(=O)c1cnc3c(c1)OCCO3)C2. The van der Waals surface area contributed by atoms with E-state index in [-0.39, 0.29) is 37.9 Å². The quantitative estimate of drug-likeness (QED) is 0.654. The third-order valence-electron chi connectivity index (χ3n) is 6.00. The van der Waals surface area contributed by atoms with Crippen LogP contribution in [0.5, 0.6) is 11.6 Å². The molecule has 4 heterocycles. The normalized spacial score (nSPS) is 18.6. The van der Waals surface area contributed by atoms with E-state index in [1.54, 1.807) is 4.90 Å². The molecule has 3 aliphatic heterocycles. The number of rotatable bonds is 5. The van der Waals surface area contributed by atoms with Gasteiger partial charge in [-0.15, -0.1) is 0 Å². The average Bonchev–Trinajstić information content (AvgIpc) is 3.40. The monoisotopic (exact) mass is 473 g/mol. The first kappa shape index (κ1) is 23.2. The van der Waals surface area contributed by atoms with Gasteiger partial charge in [0.2, 0.25) is 15.9 Å². The molecule has 1 atom stereocenters. The molecule has 1 N–H and O–H groups in total. The van der Waals surface area contributed by atoms with Gasteiger partial charge >= 0.3 is 0 Å². The van der Waals surface area contributed by atoms with E-state index in [4.69, 9.17) is 9.47 Å². The van der Waals surface area contributed by atoms with Gasteiger partial charge in [-0.05, 0) is 16.7 Å². The largest absolute Gasteiger partial charge is 0.484 e. The molecule has 3 aliphatic rings. The Morgan fingerprint density at radius 2 is 1.73 bits per heavy atom. The van der Waals surface area contributed by atoms with Gasteiger partial charge < -0.3 is 19.5 Å². The van der Waals surface area contributed by atoms with Gasteiger partial charge in [0.1, 0.15) is 18.1 Å². The number of pyridine rings is 1. The highest BCUT2D eigenvalue weighted by molar-refractivity contribution is 7.89. The predicted molar refractivity (Wildman–Crippen MR) is 121 cm³/mol. The van der Waals surface area contributed by atoms with Crippen LogP contribution in [0.15, 0.2) is 58.6 Å². The van der Waals surface area contributed by atoms with Gasteiger partial charge in [0.15, 0.2) is 5.75 Å². The molecule has 0 aliphatic carbocycles. The fourth-order valence-electron chi connectivity index (χ4n) is 4.31. The molecule has 33 heavy (non-hydrogen) atoms. The van der Waals surface area contributed by atoms with Crippen LogP contribution in [0, 0.1) is 0 Å². The van der Waals surface area contributed by atoms with Crippen LogP contribution in [-0.2, 0) is 14.8 Å². The predicted octanol–water partition coefficient (Wildman–Crippen LogP) is 1.41. The summed E-state index contributed by atoms with van der Waals surface area (Å²) in [5.41, 5.74) is 2.62. The average molecular weight is 474 g/mol. The number of aliphatic hydroxyl groups is 1. The van der Waals surface area contributed by atoms with Crippen LogP contribution in [0.1, 0.15) is 18.9 Å². The number of fused-ring (bicyclic) bond motifs is 1. The Kier molecular flexibility index (Phi) is 6.42. The number of nitrogens with zero attached hydrogens (tertiary/aromatic N) is 3. The van der Waals surface area contributed by atoms with Crippen molar-refractivity contribution in [3.05, 3.63) is 59.3 Å². The minimum atomic E-state index is -3.77. The van der Waals surface area contributed by atoms with E-state index >= 15 is 0 Å². The van der Waals surface area contributed by atoms with E-state index in [1.807, 2.05) is 30.3 Å². The van der Waals surface area contributed by atoms with E-state index in [0.29, 0.717) is 37.9 Å². The number of carbonyl (C=O) groups excluding carboxylic acids is 1. The molecule has 1 aromatic carbocycles. The van der Waals surface area contributed by atoms with Crippen LogP contribution >= 0.6 is 0 Å². The van der Waals surface area contributed by atoms with Gasteiger partial charge in [0.25, 0.3) is 5.88 Å². The molecule has 0 saturated heterocycles. The molecule has 0 radical (unpaired) electrons. The lowest BCUT2D eigenvalue weighted by atomic mass is 9.98. The smallest absolute Gasteiger partial charge is 0.257 e. The minimum absolute atomic E-state index is 0. The van der Waals surface area contributed by atoms with E-state index in [0.717, 1.165) is 16.7 Å². The summed E-state index contributed by atoms with van der Waals surface area (Å²) in [5, 5.41) is 9.80. The van der Waals surface area contributed by atoms with Crippen molar-refractivity contribution in [1.82, 2.24) is 14.2 Å². The van der Waals surface area contributed by atoms with Gasteiger partial charge in [-0.3, -0.25) is 4.79 Å². The fourth-order valence-corrected chi connectivity index (χ4v) is 5.70. The molecule has 10 heteroatoms. The third kappa shape index (κ3) is 4.21. The second-order valence-corrected chi connectivity index (χ2v) is 9.93.